The zero-order valence-electron chi connectivity index (χ0n) is 13.5. The Morgan fingerprint density at radius 1 is 1.32 bits per heavy atom. The van der Waals surface area contributed by atoms with Gasteiger partial charge >= 0.3 is 0 Å². The average molecular weight is 299 g/mol. The SMILES string of the molecule is CC1CCCC(NC(=O)C=Cc2ccc3c(c2)CCO3)C1C. The molecule has 2 aliphatic rings. The van der Waals surface area contributed by atoms with E-state index >= 15 is 0 Å². The minimum absolute atomic E-state index is 0.0164. The van der Waals surface area contributed by atoms with Crippen LogP contribution in [0, 0.1) is 11.8 Å². The normalized spacial score (nSPS) is 27.5. The number of hydrogen-bond donors (Lipinski definition) is 1. The zero-order chi connectivity index (χ0) is 15.5. The number of benzene rings is 1. The van der Waals surface area contributed by atoms with Crippen LogP contribution in [0.4, 0.5) is 0 Å². The van der Waals surface area contributed by atoms with Crippen molar-refractivity contribution >= 4 is 12.0 Å². The van der Waals surface area contributed by atoms with Crippen molar-refractivity contribution < 1.29 is 9.53 Å². The van der Waals surface area contributed by atoms with Crippen LogP contribution < -0.4 is 10.1 Å². The molecule has 3 nitrogen and oxygen atoms in total. The van der Waals surface area contributed by atoms with Gasteiger partial charge in [0.15, 0.2) is 0 Å². The lowest BCUT2D eigenvalue weighted by Gasteiger charge is -2.34. The van der Waals surface area contributed by atoms with Crippen molar-refractivity contribution in [2.24, 2.45) is 11.8 Å². The van der Waals surface area contributed by atoms with Crippen LogP contribution in [0.15, 0.2) is 24.3 Å². The fourth-order valence-corrected chi connectivity index (χ4v) is 3.50. The molecule has 1 fully saturated rings. The second-order valence-corrected chi connectivity index (χ2v) is 6.68. The van der Waals surface area contributed by atoms with E-state index in [0.29, 0.717) is 17.9 Å². The summed E-state index contributed by atoms with van der Waals surface area (Å²) in [5, 5.41) is 3.17. The summed E-state index contributed by atoms with van der Waals surface area (Å²) in [5.41, 5.74) is 2.29. The van der Waals surface area contributed by atoms with Crippen molar-refractivity contribution in [1.29, 1.82) is 0 Å². The van der Waals surface area contributed by atoms with Crippen LogP contribution in [0.3, 0.4) is 0 Å². The summed E-state index contributed by atoms with van der Waals surface area (Å²) >= 11 is 0. The Balaban J connectivity index is 1.59. The number of nitrogens with one attached hydrogen (secondary N) is 1. The molecule has 0 spiro atoms. The summed E-state index contributed by atoms with van der Waals surface area (Å²) < 4.78 is 5.50. The van der Waals surface area contributed by atoms with Crippen LogP contribution in [0.25, 0.3) is 6.08 Å². The Morgan fingerprint density at radius 3 is 3.05 bits per heavy atom. The molecule has 22 heavy (non-hydrogen) atoms. The molecule has 0 radical (unpaired) electrons. The van der Waals surface area contributed by atoms with Crippen LogP contribution in [-0.2, 0) is 11.2 Å². The third-order valence-electron chi connectivity index (χ3n) is 5.18. The molecule has 3 heteroatoms. The van der Waals surface area contributed by atoms with Gasteiger partial charge in [-0.25, -0.2) is 0 Å². The van der Waals surface area contributed by atoms with Gasteiger partial charge in [0, 0.05) is 18.5 Å². The largest absolute Gasteiger partial charge is 0.493 e. The second kappa shape index (κ2) is 6.55. The van der Waals surface area contributed by atoms with E-state index < -0.39 is 0 Å². The molecule has 1 amide bonds. The number of hydrogen-bond acceptors (Lipinski definition) is 2. The molecule has 1 aromatic rings. The van der Waals surface area contributed by atoms with Gasteiger partial charge in [-0.15, -0.1) is 0 Å². The Labute approximate surface area is 132 Å². The molecule has 1 aromatic carbocycles. The molecule has 3 atom stereocenters. The maximum atomic E-state index is 12.1. The third-order valence-corrected chi connectivity index (χ3v) is 5.18. The molecule has 0 saturated heterocycles. The lowest BCUT2D eigenvalue weighted by molar-refractivity contribution is -0.117. The van der Waals surface area contributed by atoms with Crippen LogP contribution >= 0.6 is 0 Å². The first kappa shape index (κ1) is 15.1. The van der Waals surface area contributed by atoms with Gasteiger partial charge < -0.3 is 10.1 Å². The topological polar surface area (TPSA) is 38.3 Å². The smallest absolute Gasteiger partial charge is 0.244 e. The molecule has 3 unspecified atom stereocenters. The Bertz CT molecular complexity index is 579. The fraction of sp³-hybridized carbons (Fsp3) is 0.526. The first-order valence-electron chi connectivity index (χ1n) is 8.38. The minimum atomic E-state index is 0.0164. The molecule has 3 rings (SSSR count). The first-order chi connectivity index (χ1) is 10.6. The standard InChI is InChI=1S/C19H25NO2/c1-13-4-3-5-17(14(13)2)20-19(21)9-7-15-6-8-18-16(12-15)10-11-22-18/h6-9,12-14,17H,3-5,10-11H2,1-2H3,(H,20,21). The highest BCUT2D eigenvalue weighted by Gasteiger charge is 2.27. The summed E-state index contributed by atoms with van der Waals surface area (Å²) in [6.07, 6.45) is 8.10. The Kier molecular flexibility index (Phi) is 4.51. The summed E-state index contributed by atoms with van der Waals surface area (Å²) in [6.45, 7) is 5.30. The number of amides is 1. The molecule has 1 saturated carbocycles. The van der Waals surface area contributed by atoms with Crippen molar-refractivity contribution in [1.82, 2.24) is 5.32 Å². The van der Waals surface area contributed by atoms with E-state index in [2.05, 4.69) is 25.2 Å². The second-order valence-electron chi connectivity index (χ2n) is 6.68. The summed E-state index contributed by atoms with van der Waals surface area (Å²) in [6, 6.07) is 6.41. The van der Waals surface area contributed by atoms with Gasteiger partial charge in [-0.2, -0.15) is 0 Å². The van der Waals surface area contributed by atoms with Crippen LogP contribution in [0.5, 0.6) is 5.75 Å². The quantitative estimate of drug-likeness (QED) is 0.866. The Morgan fingerprint density at radius 2 is 2.18 bits per heavy atom. The van der Waals surface area contributed by atoms with Crippen molar-refractivity contribution in [3.8, 4) is 5.75 Å². The van der Waals surface area contributed by atoms with Crippen LogP contribution in [-0.4, -0.2) is 18.6 Å². The van der Waals surface area contributed by atoms with Gasteiger partial charge in [0.2, 0.25) is 5.91 Å². The van der Waals surface area contributed by atoms with E-state index in [1.165, 1.54) is 18.4 Å². The van der Waals surface area contributed by atoms with E-state index in [4.69, 9.17) is 4.74 Å². The molecule has 1 heterocycles. The van der Waals surface area contributed by atoms with Crippen molar-refractivity contribution in [2.75, 3.05) is 6.61 Å². The number of carbonyl (C=O) groups is 1. The summed E-state index contributed by atoms with van der Waals surface area (Å²) in [7, 11) is 0. The molecule has 1 N–H and O–H groups in total. The van der Waals surface area contributed by atoms with Gasteiger partial charge in [0.1, 0.15) is 5.75 Å². The molecule has 1 aliphatic heterocycles. The number of ether oxygens (including phenoxy) is 1. The predicted octanol–water partition coefficient (Wildman–Crippen LogP) is 3.58. The molecule has 118 valence electrons. The van der Waals surface area contributed by atoms with Crippen molar-refractivity contribution in [2.45, 2.75) is 45.6 Å². The fourth-order valence-electron chi connectivity index (χ4n) is 3.50. The van der Waals surface area contributed by atoms with Gasteiger partial charge in [-0.05, 0) is 47.6 Å². The molecular weight excluding hydrogens is 274 g/mol. The number of rotatable bonds is 3. The average Bonchev–Trinajstić information content (AvgIpc) is 2.97. The molecule has 1 aliphatic carbocycles. The van der Waals surface area contributed by atoms with Crippen LogP contribution in [0.2, 0.25) is 0 Å². The zero-order valence-corrected chi connectivity index (χ0v) is 13.5. The van der Waals surface area contributed by atoms with E-state index in [1.54, 1.807) is 6.08 Å². The Hall–Kier alpha value is -1.77. The minimum Gasteiger partial charge on any atom is -0.493 e. The van der Waals surface area contributed by atoms with Gasteiger partial charge in [0.25, 0.3) is 0 Å². The van der Waals surface area contributed by atoms with E-state index in [9.17, 15) is 4.79 Å². The van der Waals surface area contributed by atoms with E-state index in [0.717, 1.165) is 30.8 Å². The summed E-state index contributed by atoms with van der Waals surface area (Å²) in [4.78, 5) is 12.1. The third kappa shape index (κ3) is 3.34. The predicted molar refractivity (Wildman–Crippen MR) is 88.8 cm³/mol. The van der Waals surface area contributed by atoms with E-state index in [-0.39, 0.29) is 5.91 Å². The van der Waals surface area contributed by atoms with Gasteiger partial charge in [0.05, 0.1) is 6.61 Å². The highest BCUT2D eigenvalue weighted by atomic mass is 16.5. The molecule has 0 aromatic heterocycles. The number of fused-ring (bicyclic) bond motifs is 1. The van der Waals surface area contributed by atoms with E-state index in [1.807, 2.05) is 18.2 Å². The van der Waals surface area contributed by atoms with Crippen LogP contribution in [0.1, 0.15) is 44.2 Å². The first-order valence-corrected chi connectivity index (χ1v) is 8.38. The lowest BCUT2D eigenvalue weighted by atomic mass is 9.78. The maximum absolute atomic E-state index is 12.1. The van der Waals surface area contributed by atoms with Crippen molar-refractivity contribution in [3.63, 3.8) is 0 Å². The highest BCUT2D eigenvalue weighted by Crippen LogP contribution is 2.29. The van der Waals surface area contributed by atoms with Crippen molar-refractivity contribution in [3.05, 3.63) is 35.4 Å². The van der Waals surface area contributed by atoms with Gasteiger partial charge in [-0.1, -0.05) is 32.8 Å². The molecule has 0 bridgehead atoms. The summed E-state index contributed by atoms with van der Waals surface area (Å²) in [5.74, 6) is 2.25. The maximum Gasteiger partial charge on any atom is 0.244 e. The van der Waals surface area contributed by atoms with Gasteiger partial charge in [-0.3, -0.25) is 4.79 Å². The highest BCUT2D eigenvalue weighted by molar-refractivity contribution is 5.92. The number of carbonyl (C=O) groups excluding carboxylic acids is 1. The lowest BCUT2D eigenvalue weighted by Crippen LogP contribution is -2.43. The molecular formula is C19H25NO2. The monoisotopic (exact) mass is 299 g/mol.